The lowest BCUT2D eigenvalue weighted by molar-refractivity contribution is 0.0594. The number of allylic oxidation sites excluding steroid dienone is 1. The molecule has 70 valence electrons. The molecule has 0 unspecified atom stereocenters. The van der Waals surface area contributed by atoms with Gasteiger partial charge in [0.25, 0.3) is 0 Å². The van der Waals surface area contributed by atoms with E-state index < -0.39 is 5.97 Å². The first-order valence-corrected chi connectivity index (χ1v) is 3.89. The summed E-state index contributed by atoms with van der Waals surface area (Å²) in [5.74, 6) is -0.511. The smallest absolute Gasteiger partial charge is 0.357 e. The highest BCUT2D eigenvalue weighted by Crippen LogP contribution is 2.08. The van der Waals surface area contributed by atoms with E-state index in [4.69, 9.17) is 5.26 Å². The highest BCUT2D eigenvalue weighted by atomic mass is 16.5. The zero-order chi connectivity index (χ0) is 10.4. The van der Waals surface area contributed by atoms with Crippen molar-refractivity contribution in [2.45, 2.75) is 0 Å². The molecule has 0 saturated carbocycles. The van der Waals surface area contributed by atoms with Gasteiger partial charge in [-0.2, -0.15) is 5.26 Å². The molecule has 4 nitrogen and oxygen atoms in total. The van der Waals surface area contributed by atoms with E-state index in [0.29, 0.717) is 5.56 Å². The van der Waals surface area contributed by atoms with Crippen LogP contribution < -0.4 is 0 Å². The Labute approximate surface area is 81.5 Å². The fourth-order valence-corrected chi connectivity index (χ4v) is 0.947. The topological polar surface area (TPSA) is 63.0 Å². The summed E-state index contributed by atoms with van der Waals surface area (Å²) in [5.41, 5.74) is 0.780. The number of ether oxygens (including phenoxy) is 1. The fraction of sp³-hybridized carbons (Fsp3) is 0.100. The van der Waals surface area contributed by atoms with Crippen LogP contribution in [0.15, 0.2) is 24.4 Å². The Hall–Kier alpha value is -2.15. The van der Waals surface area contributed by atoms with Crippen molar-refractivity contribution in [3.05, 3.63) is 35.7 Å². The number of carbonyl (C=O) groups is 1. The third kappa shape index (κ3) is 2.17. The molecule has 0 atom stereocenters. The Morgan fingerprint density at radius 3 is 3.14 bits per heavy atom. The van der Waals surface area contributed by atoms with Crippen LogP contribution in [0.4, 0.5) is 0 Å². The molecular formula is C10H8N2O2. The Balaban J connectivity index is 3.10. The third-order valence-electron chi connectivity index (χ3n) is 1.56. The Morgan fingerprint density at radius 1 is 1.71 bits per heavy atom. The molecule has 0 aliphatic heterocycles. The van der Waals surface area contributed by atoms with Crippen molar-refractivity contribution in [3.8, 4) is 6.07 Å². The minimum atomic E-state index is -0.511. The van der Waals surface area contributed by atoms with Crippen LogP contribution in [-0.4, -0.2) is 18.1 Å². The zero-order valence-corrected chi connectivity index (χ0v) is 7.60. The van der Waals surface area contributed by atoms with Crippen LogP contribution in [0.25, 0.3) is 6.08 Å². The normalized spacial score (nSPS) is 9.71. The number of hydrogen-bond acceptors (Lipinski definition) is 4. The van der Waals surface area contributed by atoms with Gasteiger partial charge in [0, 0.05) is 17.8 Å². The number of methoxy groups -OCH3 is 1. The lowest BCUT2D eigenvalue weighted by atomic mass is 10.2. The molecule has 0 bridgehead atoms. The lowest BCUT2D eigenvalue weighted by Gasteiger charge is -2.00. The number of aromatic nitrogens is 1. The molecule has 1 aromatic heterocycles. The second-order valence-corrected chi connectivity index (χ2v) is 2.40. The first kappa shape index (κ1) is 9.93. The van der Waals surface area contributed by atoms with Gasteiger partial charge in [-0.3, -0.25) is 0 Å². The van der Waals surface area contributed by atoms with Crippen LogP contribution in [0.5, 0.6) is 0 Å². The largest absolute Gasteiger partial charge is 0.464 e. The van der Waals surface area contributed by atoms with Gasteiger partial charge >= 0.3 is 5.97 Å². The molecule has 0 spiro atoms. The maximum Gasteiger partial charge on any atom is 0.357 e. The van der Waals surface area contributed by atoms with Crippen LogP contribution in [0.1, 0.15) is 16.1 Å². The first-order valence-electron chi connectivity index (χ1n) is 3.89. The van der Waals surface area contributed by atoms with Gasteiger partial charge in [0.2, 0.25) is 0 Å². The number of pyridine rings is 1. The van der Waals surface area contributed by atoms with Gasteiger partial charge in [-0.15, -0.1) is 0 Å². The van der Waals surface area contributed by atoms with Crippen molar-refractivity contribution in [1.82, 2.24) is 4.98 Å². The minimum Gasteiger partial charge on any atom is -0.464 e. The van der Waals surface area contributed by atoms with Crippen molar-refractivity contribution in [3.63, 3.8) is 0 Å². The number of hydrogen-bond donors (Lipinski definition) is 0. The Morgan fingerprint density at radius 2 is 2.50 bits per heavy atom. The maximum absolute atomic E-state index is 11.2. The summed E-state index contributed by atoms with van der Waals surface area (Å²) in [7, 11) is 1.29. The van der Waals surface area contributed by atoms with E-state index in [1.165, 1.54) is 25.5 Å². The number of carbonyl (C=O) groups excluding carboxylic acids is 1. The van der Waals surface area contributed by atoms with E-state index in [1.54, 1.807) is 12.1 Å². The van der Waals surface area contributed by atoms with Gasteiger partial charge in [-0.05, 0) is 12.1 Å². The van der Waals surface area contributed by atoms with E-state index in [0.717, 1.165) is 0 Å². The number of esters is 1. The number of nitriles is 1. The van der Waals surface area contributed by atoms with Crippen molar-refractivity contribution >= 4 is 12.0 Å². The van der Waals surface area contributed by atoms with Crippen molar-refractivity contribution in [2.24, 2.45) is 0 Å². The van der Waals surface area contributed by atoms with E-state index in [9.17, 15) is 4.79 Å². The molecule has 0 amide bonds. The summed E-state index contributed by atoms with van der Waals surface area (Å²) in [6, 6.07) is 5.21. The zero-order valence-electron chi connectivity index (χ0n) is 7.60. The maximum atomic E-state index is 11.2. The highest BCUT2D eigenvalue weighted by Gasteiger charge is 2.10. The monoisotopic (exact) mass is 188 g/mol. The van der Waals surface area contributed by atoms with Crippen molar-refractivity contribution < 1.29 is 9.53 Å². The third-order valence-corrected chi connectivity index (χ3v) is 1.56. The molecule has 0 fully saturated rings. The Kier molecular flexibility index (Phi) is 3.39. The summed E-state index contributed by atoms with van der Waals surface area (Å²) in [6.07, 6.45) is 4.29. The summed E-state index contributed by atoms with van der Waals surface area (Å²) in [6.45, 7) is 0. The van der Waals surface area contributed by atoms with Crippen LogP contribution in [-0.2, 0) is 4.74 Å². The standard InChI is InChI=1S/C10H8N2O2/c1-14-10(13)9-8(4-2-6-11)5-3-7-12-9/h2-5,7H,1H3/b4-2+. The van der Waals surface area contributed by atoms with E-state index in [1.807, 2.05) is 6.07 Å². The van der Waals surface area contributed by atoms with E-state index >= 15 is 0 Å². The molecule has 1 heterocycles. The summed E-state index contributed by atoms with van der Waals surface area (Å²) < 4.78 is 4.54. The average molecular weight is 188 g/mol. The van der Waals surface area contributed by atoms with Crippen molar-refractivity contribution in [1.29, 1.82) is 5.26 Å². The van der Waals surface area contributed by atoms with Gasteiger partial charge in [0.1, 0.15) is 0 Å². The average Bonchev–Trinajstić information content (AvgIpc) is 2.25. The molecule has 1 aromatic rings. The molecule has 1 rings (SSSR count). The molecule has 0 aliphatic rings. The van der Waals surface area contributed by atoms with E-state index in [2.05, 4.69) is 9.72 Å². The molecule has 14 heavy (non-hydrogen) atoms. The van der Waals surface area contributed by atoms with Crippen LogP contribution in [0.2, 0.25) is 0 Å². The SMILES string of the molecule is COC(=O)c1ncccc1/C=C/C#N. The fourth-order valence-electron chi connectivity index (χ4n) is 0.947. The van der Waals surface area contributed by atoms with Gasteiger partial charge < -0.3 is 4.74 Å². The van der Waals surface area contributed by atoms with Crippen LogP contribution in [0, 0.1) is 11.3 Å². The summed E-state index contributed by atoms with van der Waals surface area (Å²) in [5, 5.41) is 8.34. The minimum absolute atomic E-state index is 0.210. The van der Waals surface area contributed by atoms with Crippen LogP contribution in [0.3, 0.4) is 0 Å². The second kappa shape index (κ2) is 4.77. The summed E-state index contributed by atoms with van der Waals surface area (Å²) >= 11 is 0. The van der Waals surface area contributed by atoms with Gasteiger partial charge in [0.05, 0.1) is 13.2 Å². The molecular weight excluding hydrogens is 180 g/mol. The van der Waals surface area contributed by atoms with Crippen molar-refractivity contribution in [2.75, 3.05) is 7.11 Å². The molecule has 0 N–H and O–H groups in total. The first-order chi connectivity index (χ1) is 6.79. The van der Waals surface area contributed by atoms with Gasteiger partial charge in [0.15, 0.2) is 5.69 Å². The number of nitrogens with zero attached hydrogens (tertiary/aromatic N) is 2. The predicted molar refractivity (Wildman–Crippen MR) is 50.2 cm³/mol. The second-order valence-electron chi connectivity index (χ2n) is 2.40. The molecule has 0 saturated heterocycles. The highest BCUT2D eigenvalue weighted by molar-refractivity contribution is 5.91. The van der Waals surface area contributed by atoms with Crippen LogP contribution >= 0.6 is 0 Å². The molecule has 0 radical (unpaired) electrons. The Bertz CT molecular complexity index is 405. The predicted octanol–water partition coefficient (Wildman–Crippen LogP) is 1.40. The molecule has 4 heteroatoms. The van der Waals surface area contributed by atoms with E-state index in [-0.39, 0.29) is 5.69 Å². The van der Waals surface area contributed by atoms with Gasteiger partial charge in [-0.25, -0.2) is 9.78 Å². The summed E-state index contributed by atoms with van der Waals surface area (Å²) in [4.78, 5) is 15.1. The van der Waals surface area contributed by atoms with Gasteiger partial charge in [-0.1, -0.05) is 6.07 Å². The molecule has 0 aromatic carbocycles. The number of rotatable bonds is 2. The lowest BCUT2D eigenvalue weighted by Crippen LogP contribution is -2.05. The molecule has 0 aliphatic carbocycles. The quantitative estimate of drug-likeness (QED) is 0.520.